The average Bonchev–Trinajstić information content (AvgIpc) is 2.92. The summed E-state index contributed by atoms with van der Waals surface area (Å²) >= 11 is 5.26. The van der Waals surface area contributed by atoms with Crippen LogP contribution in [0.25, 0.3) is 0 Å². The SMILES string of the molecule is C[C@@](O)(c1ccc(N2CCN(S(=O)(=O)C3=CC=CCC3=S)C[C@@H]2CNS(=O)(=O)c2cccnc2)cc1)C(F)(F)F. The molecule has 0 spiro atoms. The fraction of sp³-hybridized carbons (Fsp3) is 0.360. The number of rotatable bonds is 8. The van der Waals surface area contributed by atoms with Crippen LogP contribution < -0.4 is 9.62 Å². The molecule has 0 saturated carbocycles. The highest BCUT2D eigenvalue weighted by Gasteiger charge is 2.51. The first-order valence-electron chi connectivity index (χ1n) is 12.1. The van der Waals surface area contributed by atoms with Crippen LogP contribution in [0, 0.1) is 0 Å². The number of halogens is 3. The molecule has 2 N–H and O–H groups in total. The molecule has 0 radical (unpaired) electrons. The van der Waals surface area contributed by atoms with Crippen LogP contribution in [0.4, 0.5) is 18.9 Å². The van der Waals surface area contributed by atoms with Gasteiger partial charge in [-0.05, 0) is 42.8 Å². The molecule has 40 heavy (non-hydrogen) atoms. The number of aliphatic hydroxyl groups is 1. The number of sulfonamides is 2. The van der Waals surface area contributed by atoms with Crippen LogP contribution in [0.15, 0.2) is 76.8 Å². The first-order chi connectivity index (χ1) is 18.6. The average molecular weight is 617 g/mol. The van der Waals surface area contributed by atoms with Crippen molar-refractivity contribution in [3.05, 3.63) is 77.5 Å². The Bertz CT molecular complexity index is 1530. The summed E-state index contributed by atoms with van der Waals surface area (Å²) < 4.78 is 96.3. The molecule has 216 valence electrons. The molecule has 0 bridgehead atoms. The smallest absolute Gasteiger partial charge is 0.376 e. The van der Waals surface area contributed by atoms with E-state index in [1.165, 1.54) is 47.0 Å². The Hall–Kier alpha value is -2.69. The maximum atomic E-state index is 13.4. The minimum absolute atomic E-state index is 0.00637. The maximum absolute atomic E-state index is 13.4. The van der Waals surface area contributed by atoms with Crippen molar-refractivity contribution < 1.29 is 35.1 Å². The summed E-state index contributed by atoms with van der Waals surface area (Å²) in [6.45, 7) is 0.461. The molecule has 1 fully saturated rings. The largest absolute Gasteiger partial charge is 0.421 e. The van der Waals surface area contributed by atoms with Gasteiger partial charge >= 0.3 is 6.18 Å². The van der Waals surface area contributed by atoms with Gasteiger partial charge < -0.3 is 10.0 Å². The lowest BCUT2D eigenvalue weighted by Crippen LogP contribution is -2.58. The number of benzene rings is 1. The van der Waals surface area contributed by atoms with E-state index < -0.39 is 37.9 Å². The van der Waals surface area contributed by atoms with Crippen molar-refractivity contribution in [1.29, 1.82) is 0 Å². The highest BCUT2D eigenvalue weighted by atomic mass is 32.2. The Morgan fingerprint density at radius 3 is 2.42 bits per heavy atom. The quantitative estimate of drug-likeness (QED) is 0.435. The molecule has 1 aromatic heterocycles. The summed E-state index contributed by atoms with van der Waals surface area (Å²) in [7, 11) is -7.99. The Morgan fingerprint density at radius 1 is 1.12 bits per heavy atom. The van der Waals surface area contributed by atoms with E-state index in [4.69, 9.17) is 12.2 Å². The van der Waals surface area contributed by atoms with Gasteiger partial charge in [0.25, 0.3) is 0 Å². The number of nitrogens with one attached hydrogen (secondary N) is 1. The van der Waals surface area contributed by atoms with Crippen LogP contribution in [-0.4, -0.2) is 74.5 Å². The number of hydrogen-bond acceptors (Lipinski definition) is 8. The summed E-state index contributed by atoms with van der Waals surface area (Å²) in [5.41, 5.74) is -3.01. The van der Waals surface area contributed by atoms with Crippen molar-refractivity contribution in [3.63, 3.8) is 0 Å². The van der Waals surface area contributed by atoms with Gasteiger partial charge in [0, 0.05) is 55.5 Å². The van der Waals surface area contributed by atoms with Gasteiger partial charge in [0.05, 0.1) is 10.9 Å². The molecule has 2 aromatic rings. The minimum Gasteiger partial charge on any atom is -0.376 e. The number of hydrogen-bond donors (Lipinski definition) is 2. The predicted molar refractivity (Wildman–Crippen MR) is 148 cm³/mol. The van der Waals surface area contributed by atoms with Crippen molar-refractivity contribution >= 4 is 42.8 Å². The van der Waals surface area contributed by atoms with Gasteiger partial charge in [0.2, 0.25) is 20.0 Å². The minimum atomic E-state index is -4.90. The van der Waals surface area contributed by atoms with Gasteiger partial charge in [-0.1, -0.05) is 36.5 Å². The molecular formula is C25H27F3N4O5S3. The lowest BCUT2D eigenvalue weighted by molar-refractivity contribution is -0.258. The van der Waals surface area contributed by atoms with Crippen LogP contribution in [0.1, 0.15) is 18.9 Å². The van der Waals surface area contributed by atoms with E-state index in [1.807, 2.05) is 0 Å². The van der Waals surface area contributed by atoms with Crippen LogP contribution in [0.3, 0.4) is 0 Å². The molecule has 2 aliphatic rings. The van der Waals surface area contributed by atoms with E-state index in [0.717, 1.165) is 12.1 Å². The van der Waals surface area contributed by atoms with E-state index in [0.29, 0.717) is 19.0 Å². The zero-order valence-electron chi connectivity index (χ0n) is 21.2. The van der Waals surface area contributed by atoms with Crippen molar-refractivity contribution in [2.24, 2.45) is 0 Å². The fourth-order valence-corrected chi connectivity index (χ4v) is 7.50. The lowest BCUT2D eigenvalue weighted by atomic mass is 9.95. The van der Waals surface area contributed by atoms with E-state index in [9.17, 15) is 35.1 Å². The number of alkyl halides is 3. The first-order valence-corrected chi connectivity index (χ1v) is 15.4. The highest BCUT2D eigenvalue weighted by Crippen LogP contribution is 2.39. The van der Waals surface area contributed by atoms with Crippen LogP contribution in [-0.2, 0) is 25.6 Å². The van der Waals surface area contributed by atoms with Gasteiger partial charge in [-0.2, -0.15) is 17.5 Å². The zero-order valence-corrected chi connectivity index (χ0v) is 23.7. The first kappa shape index (κ1) is 30.3. The molecule has 9 nitrogen and oxygen atoms in total. The lowest BCUT2D eigenvalue weighted by Gasteiger charge is -2.42. The maximum Gasteiger partial charge on any atom is 0.421 e. The van der Waals surface area contributed by atoms with Gasteiger partial charge in [0.15, 0.2) is 5.60 Å². The normalized spacial score (nSPS) is 20.7. The highest BCUT2D eigenvalue weighted by molar-refractivity contribution is 7.96. The Morgan fingerprint density at radius 2 is 1.82 bits per heavy atom. The molecule has 15 heteroatoms. The predicted octanol–water partition coefficient (Wildman–Crippen LogP) is 2.86. The number of anilines is 1. The van der Waals surface area contributed by atoms with Crippen LogP contribution in [0.5, 0.6) is 0 Å². The Labute approximate surface area is 236 Å². The number of piperazine rings is 1. The number of allylic oxidation sites excluding steroid dienone is 4. The molecule has 0 amide bonds. The Balaban J connectivity index is 1.63. The molecule has 2 atom stereocenters. The molecule has 4 rings (SSSR count). The molecule has 0 unspecified atom stereocenters. The van der Waals surface area contributed by atoms with Gasteiger partial charge in [-0.25, -0.2) is 21.6 Å². The Kier molecular flexibility index (Phi) is 8.55. The number of pyridine rings is 1. The number of thiocarbonyl (C=S) groups is 1. The molecule has 1 saturated heterocycles. The van der Waals surface area contributed by atoms with Crippen molar-refractivity contribution in [1.82, 2.24) is 14.0 Å². The second-order valence-corrected chi connectivity index (χ2v) is 13.6. The van der Waals surface area contributed by atoms with Crippen LogP contribution in [0.2, 0.25) is 0 Å². The second-order valence-electron chi connectivity index (χ2n) is 9.45. The molecule has 1 aliphatic carbocycles. The van der Waals surface area contributed by atoms with Crippen molar-refractivity contribution in [3.8, 4) is 0 Å². The van der Waals surface area contributed by atoms with E-state index >= 15 is 0 Å². The summed E-state index contributed by atoms with van der Waals surface area (Å²) in [5.74, 6) is 0. The third-order valence-corrected chi connectivity index (χ3v) is 10.7. The van der Waals surface area contributed by atoms with Crippen LogP contribution >= 0.6 is 12.2 Å². The van der Waals surface area contributed by atoms with E-state index in [-0.39, 0.29) is 46.4 Å². The topological polar surface area (TPSA) is 120 Å². The number of aromatic nitrogens is 1. The standard InChI is InChI=1S/C25H27F3N4O5S3/c1-24(33,25(26,27)28)18-8-10-19(11-9-18)32-14-13-31(40(36,37)23-7-3-2-6-22(23)38)17-20(32)15-30-39(34,35)21-5-4-12-29-16-21/h2-5,7-12,16,20,30,33H,6,13-15,17H2,1H3/t20-,24+/m0/s1. The van der Waals surface area contributed by atoms with E-state index in [1.54, 1.807) is 17.1 Å². The molecule has 2 heterocycles. The van der Waals surface area contributed by atoms with Crippen molar-refractivity contribution in [2.75, 3.05) is 31.1 Å². The second kappa shape index (κ2) is 11.3. The number of nitrogens with zero attached hydrogens (tertiary/aromatic N) is 3. The fourth-order valence-electron chi connectivity index (χ4n) is 4.39. The zero-order chi connectivity index (χ0) is 29.3. The summed E-state index contributed by atoms with van der Waals surface area (Å²) in [6, 6.07) is 7.12. The molecular weight excluding hydrogens is 589 g/mol. The monoisotopic (exact) mass is 616 g/mol. The molecule has 1 aliphatic heterocycles. The van der Waals surface area contributed by atoms with Gasteiger partial charge in [0.1, 0.15) is 4.90 Å². The summed E-state index contributed by atoms with van der Waals surface area (Å²) in [4.78, 5) is 5.73. The van der Waals surface area contributed by atoms with Gasteiger partial charge in [-0.15, -0.1) is 0 Å². The third kappa shape index (κ3) is 6.14. The molecule has 1 aromatic carbocycles. The third-order valence-electron chi connectivity index (χ3n) is 6.79. The summed E-state index contributed by atoms with van der Waals surface area (Å²) in [5, 5.41) is 10.0. The van der Waals surface area contributed by atoms with Crippen molar-refractivity contribution in [2.45, 2.75) is 36.1 Å². The summed E-state index contributed by atoms with van der Waals surface area (Å²) in [6.07, 6.45) is 2.79. The van der Waals surface area contributed by atoms with Gasteiger partial charge in [-0.3, -0.25) is 4.98 Å². The van der Waals surface area contributed by atoms with E-state index in [2.05, 4.69) is 9.71 Å².